The Bertz CT molecular complexity index is 619. The highest BCUT2D eigenvalue weighted by Gasteiger charge is 2.30. The summed E-state index contributed by atoms with van der Waals surface area (Å²) in [5, 5.41) is 3.58. The van der Waals surface area contributed by atoms with E-state index in [4.69, 9.17) is 4.74 Å². The smallest absolute Gasteiger partial charge is 0.193 e. The topological polar surface area (TPSA) is 43.3 Å². The average Bonchev–Trinajstić information content (AvgIpc) is 3.53. The lowest BCUT2D eigenvalue weighted by molar-refractivity contribution is 0.214. The minimum atomic E-state index is 0.616. The molecule has 1 N–H and O–H groups in total. The van der Waals surface area contributed by atoms with Gasteiger partial charge >= 0.3 is 0 Å². The lowest BCUT2D eigenvalue weighted by Gasteiger charge is -2.38. The molecular weight excluding hydrogens is 338 g/mol. The minimum Gasteiger partial charge on any atom is -0.495 e. The van der Waals surface area contributed by atoms with Gasteiger partial charge in [0.1, 0.15) is 5.75 Å². The summed E-state index contributed by atoms with van der Waals surface area (Å²) >= 11 is 0. The van der Waals surface area contributed by atoms with Crippen molar-refractivity contribution >= 4 is 11.6 Å². The summed E-state index contributed by atoms with van der Waals surface area (Å²) in [5.41, 5.74) is 1.18. The van der Waals surface area contributed by atoms with Crippen LogP contribution in [0.4, 0.5) is 5.69 Å². The van der Waals surface area contributed by atoms with E-state index in [0.717, 1.165) is 57.0 Å². The number of anilines is 1. The molecule has 1 aromatic carbocycles. The van der Waals surface area contributed by atoms with Gasteiger partial charge in [-0.3, -0.25) is 9.89 Å². The van der Waals surface area contributed by atoms with Gasteiger partial charge in [0.25, 0.3) is 0 Å². The van der Waals surface area contributed by atoms with Crippen molar-refractivity contribution in [2.75, 3.05) is 58.3 Å². The molecule has 0 radical (unpaired) electrons. The van der Waals surface area contributed by atoms with E-state index in [9.17, 15) is 0 Å². The first kappa shape index (κ1) is 19.8. The van der Waals surface area contributed by atoms with Gasteiger partial charge in [0, 0.05) is 58.4 Å². The molecule has 6 nitrogen and oxygen atoms in total. The molecule has 6 heteroatoms. The largest absolute Gasteiger partial charge is 0.495 e. The molecule has 1 saturated carbocycles. The summed E-state index contributed by atoms with van der Waals surface area (Å²) in [4.78, 5) is 11.9. The van der Waals surface area contributed by atoms with Gasteiger partial charge in [0.15, 0.2) is 5.96 Å². The van der Waals surface area contributed by atoms with Gasteiger partial charge in [-0.15, -0.1) is 0 Å². The molecule has 27 heavy (non-hydrogen) atoms. The Kier molecular flexibility index (Phi) is 6.83. The van der Waals surface area contributed by atoms with E-state index in [1.807, 2.05) is 19.2 Å². The number of nitrogens with zero attached hydrogens (tertiary/aromatic N) is 4. The normalized spacial score (nSPS) is 18.4. The monoisotopic (exact) mass is 373 g/mol. The van der Waals surface area contributed by atoms with Crippen molar-refractivity contribution in [3.63, 3.8) is 0 Å². The van der Waals surface area contributed by atoms with Crippen LogP contribution in [0, 0.1) is 0 Å². The highest BCUT2D eigenvalue weighted by molar-refractivity contribution is 5.80. The van der Waals surface area contributed by atoms with Crippen molar-refractivity contribution < 1.29 is 4.74 Å². The number of aliphatic imine (C=N–C) groups is 1. The maximum absolute atomic E-state index is 5.52. The van der Waals surface area contributed by atoms with Gasteiger partial charge in [0.2, 0.25) is 0 Å². The number of hydrogen-bond acceptors (Lipinski definition) is 4. The maximum Gasteiger partial charge on any atom is 0.193 e. The van der Waals surface area contributed by atoms with Crippen molar-refractivity contribution in [1.82, 2.24) is 15.1 Å². The Balaban J connectivity index is 1.48. The Morgan fingerprint density at radius 1 is 1.22 bits per heavy atom. The molecule has 1 aromatic rings. The Morgan fingerprint density at radius 2 is 1.93 bits per heavy atom. The summed E-state index contributed by atoms with van der Waals surface area (Å²) < 4.78 is 5.52. The molecule has 0 bridgehead atoms. The third-order valence-corrected chi connectivity index (χ3v) is 5.55. The molecule has 0 amide bonds. The summed E-state index contributed by atoms with van der Waals surface area (Å²) in [5.74, 6) is 1.97. The first-order chi connectivity index (χ1) is 13.1. The Labute approximate surface area is 164 Å². The third kappa shape index (κ3) is 5.06. The predicted octanol–water partition coefficient (Wildman–Crippen LogP) is 2.27. The molecule has 0 atom stereocenters. The molecule has 1 saturated heterocycles. The molecule has 2 fully saturated rings. The zero-order valence-corrected chi connectivity index (χ0v) is 17.3. The molecule has 1 heterocycles. The molecule has 0 unspecified atom stereocenters. The number of methoxy groups -OCH3 is 1. The van der Waals surface area contributed by atoms with Crippen molar-refractivity contribution in [3.8, 4) is 5.75 Å². The second-order valence-corrected chi connectivity index (χ2v) is 7.68. The van der Waals surface area contributed by atoms with Gasteiger partial charge in [0.05, 0.1) is 12.8 Å². The highest BCUT2D eigenvalue weighted by Crippen LogP contribution is 2.29. The van der Waals surface area contributed by atoms with Gasteiger partial charge in [-0.1, -0.05) is 12.1 Å². The van der Waals surface area contributed by atoms with E-state index >= 15 is 0 Å². The van der Waals surface area contributed by atoms with Crippen LogP contribution in [0.2, 0.25) is 0 Å². The molecular formula is C21H35N5O. The summed E-state index contributed by atoms with van der Waals surface area (Å²) in [6.07, 6.45) is 2.72. The van der Waals surface area contributed by atoms with E-state index in [2.05, 4.69) is 51.0 Å². The fourth-order valence-corrected chi connectivity index (χ4v) is 3.95. The minimum absolute atomic E-state index is 0.616. The summed E-state index contributed by atoms with van der Waals surface area (Å²) in [6.45, 7) is 10.5. The van der Waals surface area contributed by atoms with Gasteiger partial charge in [-0.05, 0) is 38.8 Å². The molecule has 0 spiro atoms. The van der Waals surface area contributed by atoms with Crippen molar-refractivity contribution in [2.24, 2.45) is 4.99 Å². The van der Waals surface area contributed by atoms with Crippen LogP contribution in [0.15, 0.2) is 29.3 Å². The molecule has 1 aliphatic carbocycles. The van der Waals surface area contributed by atoms with E-state index in [1.54, 1.807) is 7.11 Å². The van der Waals surface area contributed by atoms with E-state index in [-0.39, 0.29) is 0 Å². The number of ether oxygens (including phenoxy) is 1. The second-order valence-electron chi connectivity index (χ2n) is 7.68. The molecule has 3 rings (SSSR count). The molecule has 0 aromatic heterocycles. The summed E-state index contributed by atoms with van der Waals surface area (Å²) in [7, 11) is 3.62. The highest BCUT2D eigenvalue weighted by atomic mass is 16.5. The lowest BCUT2D eigenvalue weighted by atomic mass is 10.2. The van der Waals surface area contributed by atoms with Gasteiger partial charge in [-0.25, -0.2) is 0 Å². The second kappa shape index (κ2) is 9.31. The van der Waals surface area contributed by atoms with Crippen LogP contribution in [0.3, 0.4) is 0 Å². The van der Waals surface area contributed by atoms with Crippen LogP contribution in [0.1, 0.15) is 26.7 Å². The van der Waals surface area contributed by atoms with E-state index in [1.165, 1.54) is 18.5 Å². The number of benzene rings is 1. The zero-order chi connectivity index (χ0) is 19.2. The van der Waals surface area contributed by atoms with Crippen LogP contribution in [0.25, 0.3) is 0 Å². The van der Waals surface area contributed by atoms with Crippen molar-refractivity contribution in [3.05, 3.63) is 24.3 Å². The first-order valence-corrected chi connectivity index (χ1v) is 10.2. The molecule has 150 valence electrons. The Morgan fingerprint density at radius 3 is 2.52 bits per heavy atom. The third-order valence-electron chi connectivity index (χ3n) is 5.55. The van der Waals surface area contributed by atoms with E-state index < -0.39 is 0 Å². The number of piperazine rings is 1. The first-order valence-electron chi connectivity index (χ1n) is 10.2. The lowest BCUT2D eigenvalue weighted by Crippen LogP contribution is -2.53. The maximum atomic E-state index is 5.52. The number of rotatable bonds is 7. The quantitative estimate of drug-likeness (QED) is 0.587. The van der Waals surface area contributed by atoms with Crippen molar-refractivity contribution in [2.45, 2.75) is 38.8 Å². The zero-order valence-electron chi connectivity index (χ0n) is 17.3. The van der Waals surface area contributed by atoms with Crippen LogP contribution < -0.4 is 15.0 Å². The van der Waals surface area contributed by atoms with Crippen LogP contribution in [-0.4, -0.2) is 81.3 Å². The molecule has 2 aliphatic rings. The predicted molar refractivity (Wildman–Crippen MR) is 113 cm³/mol. The van der Waals surface area contributed by atoms with Crippen LogP contribution >= 0.6 is 0 Å². The van der Waals surface area contributed by atoms with Gasteiger partial charge < -0.3 is 19.9 Å². The number of para-hydroxylation sites is 2. The molecule has 1 aliphatic heterocycles. The van der Waals surface area contributed by atoms with Crippen molar-refractivity contribution in [1.29, 1.82) is 0 Å². The fourth-order valence-electron chi connectivity index (χ4n) is 3.95. The standard InChI is InChI=1S/C21H35N5O/c1-17(2)26(18-9-10-18)12-11-23-21(22-3)25-15-13-24(14-16-25)19-7-5-6-8-20(19)27-4/h5-8,17-18H,9-16H2,1-4H3,(H,22,23). The fraction of sp³-hybridized carbons (Fsp3) is 0.667. The number of nitrogens with one attached hydrogen (secondary N) is 1. The van der Waals surface area contributed by atoms with Crippen LogP contribution in [-0.2, 0) is 0 Å². The number of guanidine groups is 1. The Hall–Kier alpha value is -1.95. The van der Waals surface area contributed by atoms with Crippen LogP contribution in [0.5, 0.6) is 5.75 Å². The SMILES string of the molecule is CN=C(NCCN(C(C)C)C1CC1)N1CCN(c2ccccc2OC)CC1. The van der Waals surface area contributed by atoms with E-state index in [0.29, 0.717) is 6.04 Å². The average molecular weight is 374 g/mol. The number of hydrogen-bond donors (Lipinski definition) is 1. The van der Waals surface area contributed by atoms with Gasteiger partial charge in [-0.2, -0.15) is 0 Å². The summed E-state index contributed by atoms with van der Waals surface area (Å²) in [6, 6.07) is 9.68.